The molecule has 51 heavy (non-hydrogen) atoms. The standard InChI is InChI=1S/C37H61NO13/c1-11-27-37(43,18-46-36-33(45-10)32(44-9)29(41)23(6)48-36)34-26(49-34)14-13-25(39)20(3)16-21(4)31(19(2)12-15-28(40)50-27)51-35-30(42)24(38(7)8)17-22(5)47-35/h12-15,19-24,26-27,29-36,41-43H,11,16-18H2,1-10H3/b14-13+,15-12+/t19-,20+,21-,22-,23+,24+,26-,27+,29+,30+,31+,32-,33+,34+,35-,36+,37-/m0/s1. The van der Waals surface area contributed by atoms with Gasteiger partial charge in [-0.2, -0.15) is 0 Å². The number of hydrogen-bond acceptors (Lipinski definition) is 14. The highest BCUT2D eigenvalue weighted by Gasteiger charge is 2.59. The normalized spacial score (nSPS) is 47.0. The Morgan fingerprint density at radius 2 is 1.57 bits per heavy atom. The maximum absolute atomic E-state index is 13.4. The molecule has 0 aromatic rings. The number of ether oxygens (including phenoxy) is 8. The van der Waals surface area contributed by atoms with E-state index in [1.807, 2.05) is 46.7 Å². The largest absolute Gasteiger partial charge is 0.456 e. The van der Waals surface area contributed by atoms with Gasteiger partial charge in [-0.25, -0.2) is 4.79 Å². The summed E-state index contributed by atoms with van der Waals surface area (Å²) in [5.41, 5.74) is -1.86. The summed E-state index contributed by atoms with van der Waals surface area (Å²) in [4.78, 5) is 28.7. The van der Waals surface area contributed by atoms with Crippen LogP contribution in [0.4, 0.5) is 0 Å². The summed E-state index contributed by atoms with van der Waals surface area (Å²) < 4.78 is 47.4. The molecule has 4 heterocycles. The van der Waals surface area contributed by atoms with Crippen molar-refractivity contribution in [2.24, 2.45) is 17.8 Å². The van der Waals surface area contributed by atoms with E-state index >= 15 is 0 Å². The first kappa shape index (κ1) is 41.9. The zero-order chi connectivity index (χ0) is 37.8. The van der Waals surface area contributed by atoms with Gasteiger partial charge in [-0.3, -0.25) is 4.79 Å². The molecule has 0 spiro atoms. The molecule has 0 radical (unpaired) electrons. The third kappa shape index (κ3) is 9.84. The summed E-state index contributed by atoms with van der Waals surface area (Å²) in [5.74, 6) is -1.71. The predicted molar refractivity (Wildman–Crippen MR) is 184 cm³/mol. The van der Waals surface area contributed by atoms with Crippen LogP contribution in [0.1, 0.15) is 60.8 Å². The summed E-state index contributed by atoms with van der Waals surface area (Å²) in [6.07, 6.45) is -1.95. The van der Waals surface area contributed by atoms with Crippen LogP contribution < -0.4 is 0 Å². The van der Waals surface area contributed by atoms with E-state index in [1.165, 1.54) is 26.4 Å². The Balaban J connectivity index is 1.59. The molecule has 0 aromatic carbocycles. The number of carbonyl (C=O) groups excluding carboxylic acids is 2. The lowest BCUT2D eigenvalue weighted by Crippen LogP contribution is -2.60. The van der Waals surface area contributed by atoms with Gasteiger partial charge in [0.2, 0.25) is 0 Å². The Morgan fingerprint density at radius 1 is 0.882 bits per heavy atom. The van der Waals surface area contributed by atoms with Crippen LogP contribution in [-0.4, -0.2) is 152 Å². The first-order chi connectivity index (χ1) is 24.1. The van der Waals surface area contributed by atoms with Gasteiger partial charge < -0.3 is 58.1 Å². The van der Waals surface area contributed by atoms with E-state index in [2.05, 4.69) is 0 Å². The number of methoxy groups -OCH3 is 2. The van der Waals surface area contributed by atoms with Gasteiger partial charge in [0.1, 0.15) is 42.7 Å². The second-order valence-electron chi connectivity index (χ2n) is 15.0. The van der Waals surface area contributed by atoms with Crippen LogP contribution in [0.15, 0.2) is 24.3 Å². The lowest BCUT2D eigenvalue weighted by atomic mass is 9.84. The molecule has 0 bridgehead atoms. The molecule has 17 atom stereocenters. The predicted octanol–water partition coefficient (Wildman–Crippen LogP) is 1.76. The summed E-state index contributed by atoms with van der Waals surface area (Å²) >= 11 is 0. The molecule has 3 saturated heterocycles. The number of aliphatic hydroxyl groups is 3. The van der Waals surface area contributed by atoms with E-state index in [-0.39, 0.29) is 48.7 Å². The zero-order valence-corrected chi connectivity index (χ0v) is 31.7. The number of esters is 1. The van der Waals surface area contributed by atoms with Crippen LogP contribution in [0, 0.1) is 17.8 Å². The Labute approximate surface area is 302 Å². The minimum atomic E-state index is -1.86. The minimum Gasteiger partial charge on any atom is -0.456 e. The van der Waals surface area contributed by atoms with E-state index in [1.54, 1.807) is 26.0 Å². The van der Waals surface area contributed by atoms with Crippen molar-refractivity contribution in [3.8, 4) is 0 Å². The maximum Gasteiger partial charge on any atom is 0.330 e. The lowest BCUT2D eigenvalue weighted by Gasteiger charge is -2.43. The monoisotopic (exact) mass is 727 g/mol. The fourth-order valence-corrected chi connectivity index (χ4v) is 7.69. The van der Waals surface area contributed by atoms with Crippen LogP contribution in [-0.2, 0) is 47.5 Å². The fourth-order valence-electron chi connectivity index (χ4n) is 7.69. The van der Waals surface area contributed by atoms with E-state index in [9.17, 15) is 24.9 Å². The number of likely N-dealkylation sites (N-methyl/N-ethyl adjacent to an activating group) is 1. The SMILES string of the molecule is CC[C@H]1OC(=O)/C=C/[C@H](C)[C@@H](O[C@@H]2O[C@@H](C)C[C@@H](N(C)C)[C@H]2O)[C@@H](C)C[C@@H](C)C(=O)/C=C/[C@@H]2O[C@H]2[C@]1(O)CO[C@@H]1O[C@H](C)[C@@H](O)[C@H](OC)[C@H]1OC. The summed E-state index contributed by atoms with van der Waals surface area (Å²) in [5, 5.41) is 34.0. The molecule has 3 fully saturated rings. The lowest BCUT2D eigenvalue weighted by molar-refractivity contribution is -0.313. The number of ketones is 1. The highest BCUT2D eigenvalue weighted by Crippen LogP contribution is 2.40. The van der Waals surface area contributed by atoms with Crippen molar-refractivity contribution < 1.29 is 62.8 Å². The number of allylic oxidation sites excluding steroid dienone is 1. The molecule has 0 aromatic heterocycles. The number of fused-ring (bicyclic) bond motifs is 1. The molecular weight excluding hydrogens is 666 g/mol. The van der Waals surface area contributed by atoms with E-state index in [4.69, 9.17) is 37.9 Å². The molecule has 292 valence electrons. The molecular formula is C37H61NO13. The van der Waals surface area contributed by atoms with Crippen molar-refractivity contribution >= 4 is 11.8 Å². The van der Waals surface area contributed by atoms with Crippen molar-refractivity contribution in [1.29, 1.82) is 0 Å². The molecule has 4 aliphatic rings. The quantitative estimate of drug-likeness (QED) is 0.232. The first-order valence-electron chi connectivity index (χ1n) is 18.2. The van der Waals surface area contributed by atoms with Crippen LogP contribution in [0.25, 0.3) is 0 Å². The maximum atomic E-state index is 13.4. The second kappa shape index (κ2) is 18.0. The van der Waals surface area contributed by atoms with Crippen molar-refractivity contribution in [3.63, 3.8) is 0 Å². The van der Waals surface area contributed by atoms with Gasteiger partial charge in [-0.1, -0.05) is 33.8 Å². The molecule has 0 unspecified atom stereocenters. The number of hydrogen-bond donors (Lipinski definition) is 3. The van der Waals surface area contributed by atoms with Crippen LogP contribution in [0.2, 0.25) is 0 Å². The van der Waals surface area contributed by atoms with Gasteiger partial charge in [-0.15, -0.1) is 0 Å². The van der Waals surface area contributed by atoms with Crippen LogP contribution in [0.3, 0.4) is 0 Å². The molecule has 14 nitrogen and oxygen atoms in total. The Hall–Kier alpha value is -1.82. The Kier molecular flexibility index (Phi) is 14.8. The first-order valence-corrected chi connectivity index (χ1v) is 18.2. The molecule has 3 N–H and O–H groups in total. The molecule has 4 aliphatic heterocycles. The molecule has 14 heteroatoms. The van der Waals surface area contributed by atoms with Crippen LogP contribution >= 0.6 is 0 Å². The van der Waals surface area contributed by atoms with Crippen LogP contribution in [0.5, 0.6) is 0 Å². The molecule has 4 rings (SSSR count). The summed E-state index contributed by atoms with van der Waals surface area (Å²) in [6.45, 7) is 10.7. The van der Waals surface area contributed by atoms with E-state index in [0.29, 0.717) is 12.8 Å². The van der Waals surface area contributed by atoms with Crippen molar-refractivity contribution in [3.05, 3.63) is 24.3 Å². The molecule has 0 saturated carbocycles. The van der Waals surface area contributed by atoms with Gasteiger partial charge in [-0.05, 0) is 65.3 Å². The number of carbonyl (C=O) groups is 2. The average molecular weight is 728 g/mol. The third-order valence-corrected chi connectivity index (χ3v) is 10.8. The smallest absolute Gasteiger partial charge is 0.330 e. The second-order valence-corrected chi connectivity index (χ2v) is 15.0. The third-order valence-electron chi connectivity index (χ3n) is 10.8. The molecule has 0 aliphatic carbocycles. The summed E-state index contributed by atoms with van der Waals surface area (Å²) in [6, 6.07) is -0.171. The number of rotatable bonds is 9. The van der Waals surface area contributed by atoms with E-state index < -0.39 is 79.1 Å². The average Bonchev–Trinajstić information content (AvgIpc) is 3.88. The number of cyclic esters (lactones) is 1. The van der Waals surface area contributed by atoms with Crippen molar-refractivity contribution in [2.75, 3.05) is 34.9 Å². The molecule has 0 amide bonds. The zero-order valence-electron chi connectivity index (χ0n) is 31.7. The number of epoxide rings is 1. The Morgan fingerprint density at radius 3 is 2.20 bits per heavy atom. The summed E-state index contributed by atoms with van der Waals surface area (Å²) in [7, 11) is 6.70. The Bertz CT molecular complexity index is 1210. The number of nitrogens with zero attached hydrogens (tertiary/aromatic N) is 1. The van der Waals surface area contributed by atoms with Gasteiger partial charge in [0.15, 0.2) is 24.0 Å². The number of aliphatic hydroxyl groups excluding tert-OH is 2. The highest BCUT2D eigenvalue weighted by atomic mass is 16.7. The van der Waals surface area contributed by atoms with Gasteiger partial charge in [0, 0.05) is 38.2 Å². The van der Waals surface area contributed by atoms with Crippen molar-refractivity contribution in [1.82, 2.24) is 4.90 Å². The van der Waals surface area contributed by atoms with Gasteiger partial charge >= 0.3 is 5.97 Å². The topological polar surface area (TPSA) is 175 Å². The van der Waals surface area contributed by atoms with Crippen molar-refractivity contribution in [2.45, 2.75) is 146 Å². The van der Waals surface area contributed by atoms with E-state index in [0.717, 1.165) is 0 Å². The highest BCUT2D eigenvalue weighted by molar-refractivity contribution is 5.91. The fraction of sp³-hybridized carbons (Fsp3) is 0.838. The van der Waals surface area contributed by atoms with Gasteiger partial charge in [0.05, 0.1) is 24.9 Å². The minimum absolute atomic E-state index is 0.115. The van der Waals surface area contributed by atoms with Gasteiger partial charge in [0.25, 0.3) is 0 Å².